The first-order valence-corrected chi connectivity index (χ1v) is 8.77. The number of nitrogens with zero attached hydrogens (tertiary/aromatic N) is 1. The third-order valence-electron chi connectivity index (χ3n) is 3.49. The maximum absolute atomic E-state index is 13.6. The summed E-state index contributed by atoms with van der Waals surface area (Å²) < 4.78 is 36.7. The number of carbonyl (C=O) groups excluding carboxylic acids is 1. The second kappa shape index (κ2) is 6.43. The average Bonchev–Trinajstić information content (AvgIpc) is 2.78. The van der Waals surface area contributed by atoms with Crippen molar-refractivity contribution in [1.82, 2.24) is 4.90 Å². The summed E-state index contributed by atoms with van der Waals surface area (Å²) >= 11 is 0. The zero-order valence-corrected chi connectivity index (χ0v) is 12.7. The first-order valence-electron chi connectivity index (χ1n) is 6.95. The number of carbonyl (C=O) groups is 1. The van der Waals surface area contributed by atoms with E-state index in [2.05, 4.69) is 5.32 Å². The van der Waals surface area contributed by atoms with Gasteiger partial charge in [0.15, 0.2) is 9.84 Å². The van der Waals surface area contributed by atoms with Crippen LogP contribution in [0, 0.1) is 5.82 Å². The van der Waals surface area contributed by atoms with E-state index in [9.17, 15) is 17.6 Å². The molecule has 1 atom stereocenters. The van der Waals surface area contributed by atoms with Gasteiger partial charge in [0, 0.05) is 12.6 Å². The lowest BCUT2D eigenvalue weighted by Crippen LogP contribution is -2.44. The molecule has 21 heavy (non-hydrogen) atoms. The first-order chi connectivity index (χ1) is 9.93. The van der Waals surface area contributed by atoms with Crippen molar-refractivity contribution in [2.75, 3.05) is 23.4 Å². The van der Waals surface area contributed by atoms with Gasteiger partial charge < -0.3 is 10.2 Å². The van der Waals surface area contributed by atoms with Gasteiger partial charge in [0.25, 0.3) is 0 Å². The molecule has 2 rings (SSSR count). The molecular formula is C14H19FN2O3S. The number of rotatable bonds is 4. The van der Waals surface area contributed by atoms with Gasteiger partial charge in [-0.3, -0.25) is 0 Å². The molecule has 1 aromatic rings. The predicted molar refractivity (Wildman–Crippen MR) is 79.5 cm³/mol. The fourth-order valence-corrected chi connectivity index (χ4v) is 4.19. The Morgan fingerprint density at radius 1 is 1.43 bits per heavy atom. The van der Waals surface area contributed by atoms with E-state index >= 15 is 0 Å². The molecule has 1 heterocycles. The molecule has 116 valence electrons. The number of nitrogens with one attached hydrogen (secondary N) is 1. The lowest BCUT2D eigenvalue weighted by molar-refractivity contribution is 0.194. The number of hydrogen-bond acceptors (Lipinski definition) is 3. The molecule has 1 aliphatic rings. The Morgan fingerprint density at radius 3 is 2.71 bits per heavy atom. The van der Waals surface area contributed by atoms with E-state index in [-0.39, 0.29) is 23.2 Å². The van der Waals surface area contributed by atoms with Gasteiger partial charge in [-0.25, -0.2) is 17.6 Å². The van der Waals surface area contributed by atoms with Gasteiger partial charge in [-0.2, -0.15) is 0 Å². The standard InChI is InChI=1S/C14H19FN2O3S/c1-2-8-17(11-7-9-21(19,20)10-11)14(18)16-13-6-4-3-5-12(13)15/h3-6,11H,2,7-10H2,1H3,(H,16,18)/t11-/m0/s1. The Hall–Kier alpha value is -1.63. The van der Waals surface area contributed by atoms with E-state index < -0.39 is 21.7 Å². The third kappa shape index (κ3) is 3.93. The van der Waals surface area contributed by atoms with Crippen LogP contribution in [0.1, 0.15) is 19.8 Å². The van der Waals surface area contributed by atoms with Gasteiger partial charge >= 0.3 is 6.03 Å². The summed E-state index contributed by atoms with van der Waals surface area (Å²) in [6.45, 7) is 2.35. The molecule has 0 radical (unpaired) electrons. The van der Waals surface area contributed by atoms with Crippen molar-refractivity contribution in [3.05, 3.63) is 30.1 Å². The molecule has 1 fully saturated rings. The average molecular weight is 314 g/mol. The highest BCUT2D eigenvalue weighted by Crippen LogP contribution is 2.20. The summed E-state index contributed by atoms with van der Waals surface area (Å²) in [5.74, 6) is -0.427. The van der Waals surface area contributed by atoms with Crippen LogP contribution >= 0.6 is 0 Å². The number of amides is 2. The topological polar surface area (TPSA) is 66.5 Å². The molecule has 2 amide bonds. The van der Waals surface area contributed by atoms with Gasteiger partial charge in [0.05, 0.1) is 17.2 Å². The zero-order valence-electron chi connectivity index (χ0n) is 11.9. The molecule has 0 aliphatic carbocycles. The number of sulfone groups is 1. The summed E-state index contributed by atoms with van der Waals surface area (Å²) in [6, 6.07) is 5.12. The van der Waals surface area contributed by atoms with Crippen LogP contribution in [-0.4, -0.2) is 43.4 Å². The lowest BCUT2D eigenvalue weighted by atomic mass is 10.2. The minimum Gasteiger partial charge on any atom is -0.321 e. The molecule has 1 N–H and O–H groups in total. The van der Waals surface area contributed by atoms with Crippen molar-refractivity contribution in [1.29, 1.82) is 0 Å². The second-order valence-electron chi connectivity index (χ2n) is 5.16. The minimum absolute atomic E-state index is 0.0162. The zero-order chi connectivity index (χ0) is 15.5. The van der Waals surface area contributed by atoms with Crippen molar-refractivity contribution in [2.24, 2.45) is 0 Å². The fraction of sp³-hybridized carbons (Fsp3) is 0.500. The molecule has 5 nitrogen and oxygen atoms in total. The van der Waals surface area contributed by atoms with E-state index in [1.54, 1.807) is 12.1 Å². The Morgan fingerprint density at radius 2 is 2.14 bits per heavy atom. The number of hydrogen-bond donors (Lipinski definition) is 1. The monoisotopic (exact) mass is 314 g/mol. The molecule has 0 bridgehead atoms. The normalized spacial score (nSPS) is 20.2. The summed E-state index contributed by atoms with van der Waals surface area (Å²) in [7, 11) is -3.07. The number of halogens is 1. The second-order valence-corrected chi connectivity index (χ2v) is 7.39. The molecule has 0 saturated carbocycles. The number of para-hydroxylation sites is 1. The fourth-order valence-electron chi connectivity index (χ4n) is 2.46. The molecule has 1 aromatic carbocycles. The van der Waals surface area contributed by atoms with E-state index in [4.69, 9.17) is 0 Å². The molecular weight excluding hydrogens is 295 g/mol. The Bertz CT molecular complexity index is 618. The maximum Gasteiger partial charge on any atom is 0.322 e. The maximum atomic E-state index is 13.6. The number of anilines is 1. The Labute approximate surface area is 124 Å². The third-order valence-corrected chi connectivity index (χ3v) is 5.24. The van der Waals surface area contributed by atoms with Crippen LogP contribution in [0.5, 0.6) is 0 Å². The van der Waals surface area contributed by atoms with Crippen LogP contribution < -0.4 is 5.32 Å². The molecule has 1 saturated heterocycles. The van der Waals surface area contributed by atoms with Gasteiger partial charge in [-0.05, 0) is 25.0 Å². The smallest absolute Gasteiger partial charge is 0.321 e. The number of benzene rings is 1. The lowest BCUT2D eigenvalue weighted by Gasteiger charge is -2.28. The SMILES string of the molecule is CCCN(C(=O)Nc1ccccc1F)[C@H]1CCS(=O)(=O)C1. The van der Waals surface area contributed by atoms with Crippen molar-refractivity contribution in [3.63, 3.8) is 0 Å². The van der Waals surface area contributed by atoms with Gasteiger partial charge in [0.2, 0.25) is 0 Å². The van der Waals surface area contributed by atoms with Crippen LogP contribution in [0.4, 0.5) is 14.9 Å². The first kappa shape index (κ1) is 15.8. The van der Waals surface area contributed by atoms with E-state index in [1.807, 2.05) is 6.92 Å². The Balaban J connectivity index is 2.11. The van der Waals surface area contributed by atoms with Gasteiger partial charge in [-0.15, -0.1) is 0 Å². The quantitative estimate of drug-likeness (QED) is 0.927. The van der Waals surface area contributed by atoms with Crippen LogP contribution in [0.25, 0.3) is 0 Å². The molecule has 0 spiro atoms. The van der Waals surface area contributed by atoms with Crippen molar-refractivity contribution < 1.29 is 17.6 Å². The highest BCUT2D eigenvalue weighted by atomic mass is 32.2. The van der Waals surface area contributed by atoms with Gasteiger partial charge in [-0.1, -0.05) is 19.1 Å². The van der Waals surface area contributed by atoms with Crippen LogP contribution in [0.2, 0.25) is 0 Å². The van der Waals surface area contributed by atoms with E-state index in [1.165, 1.54) is 17.0 Å². The Kier molecular flexibility index (Phi) is 4.82. The summed E-state index contributed by atoms with van der Waals surface area (Å²) in [4.78, 5) is 13.8. The van der Waals surface area contributed by atoms with Crippen LogP contribution in [-0.2, 0) is 9.84 Å². The van der Waals surface area contributed by atoms with E-state index in [0.29, 0.717) is 19.4 Å². The van der Waals surface area contributed by atoms with E-state index in [0.717, 1.165) is 0 Å². The summed E-state index contributed by atoms with van der Waals surface area (Å²) in [6.07, 6.45) is 1.15. The molecule has 0 aromatic heterocycles. The molecule has 0 unspecified atom stereocenters. The summed E-state index contributed by atoms with van der Waals surface area (Å²) in [5.41, 5.74) is 0.101. The van der Waals surface area contributed by atoms with Crippen molar-refractivity contribution in [3.8, 4) is 0 Å². The minimum atomic E-state index is -3.07. The molecule has 1 aliphatic heterocycles. The van der Waals surface area contributed by atoms with Crippen LogP contribution in [0.15, 0.2) is 24.3 Å². The van der Waals surface area contributed by atoms with Crippen molar-refractivity contribution >= 4 is 21.6 Å². The van der Waals surface area contributed by atoms with Crippen LogP contribution in [0.3, 0.4) is 0 Å². The largest absolute Gasteiger partial charge is 0.322 e. The predicted octanol–water partition coefficient (Wildman–Crippen LogP) is 2.26. The molecule has 7 heteroatoms. The van der Waals surface area contributed by atoms with Crippen molar-refractivity contribution in [2.45, 2.75) is 25.8 Å². The highest BCUT2D eigenvalue weighted by Gasteiger charge is 2.34. The number of urea groups is 1. The highest BCUT2D eigenvalue weighted by molar-refractivity contribution is 7.91. The summed E-state index contributed by atoms with van der Waals surface area (Å²) in [5, 5.41) is 2.52. The van der Waals surface area contributed by atoms with Gasteiger partial charge in [0.1, 0.15) is 5.82 Å².